The van der Waals surface area contributed by atoms with E-state index < -0.39 is 16.7 Å². The topological polar surface area (TPSA) is 64.0 Å². The lowest BCUT2D eigenvalue weighted by Gasteiger charge is -2.19. The predicted octanol–water partition coefficient (Wildman–Crippen LogP) is 4.54. The molecule has 0 saturated heterocycles. The number of anilines is 1. The Bertz CT molecular complexity index is 1250. The summed E-state index contributed by atoms with van der Waals surface area (Å²) in [4.78, 5) is 13.6. The molecule has 1 aliphatic heterocycles. The Hall–Kier alpha value is -3.58. The van der Waals surface area contributed by atoms with Crippen LogP contribution in [0, 0.1) is 5.82 Å². The molecule has 1 aromatic heterocycles. The number of carbonyl (C=O) groups excluding carboxylic acids is 1. The first-order valence-electron chi connectivity index (χ1n) is 10.2. The number of hydrogen-bond donors (Lipinski definition) is 1. The van der Waals surface area contributed by atoms with E-state index in [2.05, 4.69) is 10.4 Å². The van der Waals surface area contributed by atoms with Crippen molar-refractivity contribution in [3.05, 3.63) is 113 Å². The number of amides is 1. The molecule has 32 heavy (non-hydrogen) atoms. The Kier molecular flexibility index (Phi) is 5.41. The van der Waals surface area contributed by atoms with E-state index in [0.717, 1.165) is 16.7 Å². The van der Waals surface area contributed by atoms with Crippen LogP contribution in [0.2, 0.25) is 0 Å². The number of rotatable bonds is 5. The van der Waals surface area contributed by atoms with Gasteiger partial charge in [0.15, 0.2) is 0 Å². The molecule has 4 aromatic rings. The van der Waals surface area contributed by atoms with Crippen LogP contribution in [0.3, 0.4) is 0 Å². The summed E-state index contributed by atoms with van der Waals surface area (Å²) in [6.07, 6.45) is 0. The highest BCUT2D eigenvalue weighted by atomic mass is 32.2. The molecule has 7 heteroatoms. The normalized spacial score (nSPS) is 15.0. The van der Waals surface area contributed by atoms with E-state index in [1.54, 1.807) is 16.8 Å². The number of nitrogens with zero attached hydrogens (tertiary/aromatic N) is 2. The van der Waals surface area contributed by atoms with Gasteiger partial charge in [-0.1, -0.05) is 60.7 Å². The number of aromatic nitrogens is 2. The number of fused-ring (bicyclic) bond motifs is 1. The van der Waals surface area contributed by atoms with Crippen LogP contribution in [0.15, 0.2) is 84.9 Å². The van der Waals surface area contributed by atoms with Crippen LogP contribution in [-0.2, 0) is 27.1 Å². The molecule has 1 atom stereocenters. The zero-order valence-corrected chi connectivity index (χ0v) is 17.9. The van der Waals surface area contributed by atoms with E-state index in [1.807, 2.05) is 60.7 Å². The Morgan fingerprint density at radius 1 is 0.906 bits per heavy atom. The van der Waals surface area contributed by atoms with E-state index >= 15 is 0 Å². The van der Waals surface area contributed by atoms with Gasteiger partial charge in [0.2, 0.25) is 5.91 Å². The van der Waals surface area contributed by atoms with Gasteiger partial charge < -0.3 is 5.32 Å². The number of nitrogens with one attached hydrogen (secondary N) is 1. The summed E-state index contributed by atoms with van der Waals surface area (Å²) in [5, 5.41) is 7.64. The molecule has 5 rings (SSSR count). The molecule has 0 saturated carbocycles. The zero-order valence-electron chi connectivity index (χ0n) is 17.1. The molecular weight excluding hydrogens is 425 g/mol. The highest BCUT2D eigenvalue weighted by Crippen LogP contribution is 2.33. The van der Waals surface area contributed by atoms with E-state index in [0.29, 0.717) is 28.7 Å². The molecule has 0 radical (unpaired) electrons. The van der Waals surface area contributed by atoms with Crippen LogP contribution in [0.25, 0.3) is 5.69 Å². The molecule has 1 N–H and O–H groups in total. The molecule has 5 nitrogen and oxygen atoms in total. The second kappa shape index (κ2) is 8.51. The number of hydrogen-bond acceptors (Lipinski definition) is 3. The summed E-state index contributed by atoms with van der Waals surface area (Å²) >= 11 is 0. The highest BCUT2D eigenvalue weighted by molar-refractivity contribution is 7.83. The summed E-state index contributed by atoms with van der Waals surface area (Å²) in [6.45, 7) is 0. The van der Waals surface area contributed by atoms with Gasteiger partial charge in [0, 0.05) is 16.4 Å². The van der Waals surface area contributed by atoms with Crippen LogP contribution in [-0.4, -0.2) is 19.9 Å². The molecule has 0 spiro atoms. The van der Waals surface area contributed by atoms with E-state index in [-0.39, 0.29) is 11.7 Å². The van der Waals surface area contributed by atoms with Crippen molar-refractivity contribution in [1.29, 1.82) is 0 Å². The average Bonchev–Trinajstić information content (AvgIpc) is 3.33. The number of carbonyl (C=O) groups is 1. The molecule has 1 amide bonds. The molecule has 160 valence electrons. The molecular formula is C25H20FN3O2S. The number of benzene rings is 3. The smallest absolute Gasteiger partial charge is 0.237 e. The number of halogens is 1. The Morgan fingerprint density at radius 3 is 2.09 bits per heavy atom. The van der Waals surface area contributed by atoms with Gasteiger partial charge in [-0.15, -0.1) is 0 Å². The summed E-state index contributed by atoms with van der Waals surface area (Å²) in [5.41, 5.74) is 3.81. The molecule has 2 heterocycles. The van der Waals surface area contributed by atoms with Gasteiger partial charge >= 0.3 is 0 Å². The Morgan fingerprint density at radius 2 is 1.50 bits per heavy atom. The quantitative estimate of drug-likeness (QED) is 0.490. The lowest BCUT2D eigenvalue weighted by molar-refractivity contribution is -0.116. The zero-order chi connectivity index (χ0) is 22.1. The van der Waals surface area contributed by atoms with Crippen molar-refractivity contribution in [2.75, 3.05) is 5.32 Å². The van der Waals surface area contributed by atoms with E-state index in [4.69, 9.17) is 0 Å². The van der Waals surface area contributed by atoms with Gasteiger partial charge in [0.05, 0.1) is 28.8 Å². The first kappa shape index (κ1) is 20.3. The molecule has 0 bridgehead atoms. The first-order chi connectivity index (χ1) is 15.6. The average molecular weight is 446 g/mol. The second-order valence-electron chi connectivity index (χ2n) is 7.63. The molecule has 1 unspecified atom stereocenters. The maximum Gasteiger partial charge on any atom is 0.237 e. The Balaban J connectivity index is 1.57. The van der Waals surface area contributed by atoms with Crippen LogP contribution >= 0.6 is 0 Å². The van der Waals surface area contributed by atoms with Crippen LogP contribution in [0.4, 0.5) is 10.2 Å². The largest absolute Gasteiger partial charge is 0.309 e. The maximum atomic E-state index is 13.6. The summed E-state index contributed by atoms with van der Waals surface area (Å²) < 4.78 is 27.2. The third-order valence-electron chi connectivity index (χ3n) is 5.51. The lowest BCUT2D eigenvalue weighted by atomic mass is 9.90. The van der Waals surface area contributed by atoms with Crippen molar-refractivity contribution in [2.24, 2.45) is 0 Å². The second-order valence-corrected chi connectivity index (χ2v) is 9.09. The fraction of sp³-hybridized carbons (Fsp3) is 0.120. The van der Waals surface area contributed by atoms with E-state index in [1.165, 1.54) is 12.1 Å². The van der Waals surface area contributed by atoms with Crippen molar-refractivity contribution >= 4 is 22.5 Å². The molecule has 1 aliphatic rings. The van der Waals surface area contributed by atoms with Crippen LogP contribution in [0.1, 0.15) is 28.3 Å². The van der Waals surface area contributed by atoms with Gasteiger partial charge in [-0.2, -0.15) is 5.10 Å². The van der Waals surface area contributed by atoms with Crippen molar-refractivity contribution in [1.82, 2.24) is 9.78 Å². The fourth-order valence-electron chi connectivity index (χ4n) is 4.00. The molecule has 0 aliphatic carbocycles. The van der Waals surface area contributed by atoms with Gasteiger partial charge in [-0.3, -0.25) is 9.00 Å². The third kappa shape index (κ3) is 3.87. The monoisotopic (exact) mass is 445 g/mol. The maximum absolute atomic E-state index is 13.6. The first-order valence-corrected chi connectivity index (χ1v) is 11.7. The van der Waals surface area contributed by atoms with Crippen molar-refractivity contribution < 1.29 is 13.4 Å². The summed E-state index contributed by atoms with van der Waals surface area (Å²) in [7, 11) is -1.05. The molecule has 0 fully saturated rings. The van der Waals surface area contributed by atoms with Gasteiger partial charge in [0.25, 0.3) is 0 Å². The minimum atomic E-state index is -1.05. The minimum Gasteiger partial charge on any atom is -0.309 e. The van der Waals surface area contributed by atoms with Crippen LogP contribution in [0.5, 0.6) is 0 Å². The van der Waals surface area contributed by atoms with E-state index in [9.17, 15) is 13.4 Å². The third-order valence-corrected chi connectivity index (χ3v) is 6.72. The van der Waals surface area contributed by atoms with Gasteiger partial charge in [-0.05, 0) is 35.4 Å². The van der Waals surface area contributed by atoms with Crippen LogP contribution < -0.4 is 5.32 Å². The standard InChI is InChI=1S/C25H20FN3O2S/c26-19-11-13-20(14-12-19)29-24(21-15-32(31)16-22(21)28-29)27-25(30)23(17-7-3-1-4-8-17)18-9-5-2-6-10-18/h1-14,23H,15-16H2,(H,27,30). The fourth-order valence-corrected chi connectivity index (χ4v) is 5.26. The SMILES string of the molecule is O=C(Nc1c2c(nn1-c1ccc(F)cc1)CS(=O)C2)C(c1ccccc1)c1ccccc1. The van der Waals surface area contributed by atoms with Gasteiger partial charge in [-0.25, -0.2) is 9.07 Å². The van der Waals surface area contributed by atoms with Gasteiger partial charge in [0.1, 0.15) is 11.6 Å². The van der Waals surface area contributed by atoms with Crippen molar-refractivity contribution in [3.63, 3.8) is 0 Å². The minimum absolute atomic E-state index is 0.217. The van der Waals surface area contributed by atoms with Crippen molar-refractivity contribution in [3.8, 4) is 5.69 Å². The predicted molar refractivity (Wildman–Crippen MR) is 122 cm³/mol. The van der Waals surface area contributed by atoms with Crippen molar-refractivity contribution in [2.45, 2.75) is 17.4 Å². The molecule has 3 aromatic carbocycles. The summed E-state index contributed by atoms with van der Waals surface area (Å²) in [6, 6.07) is 25.1. The highest BCUT2D eigenvalue weighted by Gasteiger charge is 2.30. The summed E-state index contributed by atoms with van der Waals surface area (Å²) in [5.74, 6) is 0.0519. The Labute approximate surface area is 187 Å². The lowest BCUT2D eigenvalue weighted by Crippen LogP contribution is -2.24.